The summed E-state index contributed by atoms with van der Waals surface area (Å²) in [7, 11) is 4.08. The number of hydrogen-bond donors (Lipinski definition) is 1. The summed E-state index contributed by atoms with van der Waals surface area (Å²) in [6, 6.07) is 2.15. The Morgan fingerprint density at radius 2 is 1.79 bits per heavy atom. The van der Waals surface area contributed by atoms with E-state index in [-0.39, 0.29) is 6.04 Å². The first-order valence-corrected chi connectivity index (χ1v) is 7.04. The van der Waals surface area contributed by atoms with Crippen LogP contribution in [0.5, 0.6) is 0 Å². The van der Waals surface area contributed by atoms with Crippen molar-refractivity contribution in [3.8, 4) is 0 Å². The van der Waals surface area contributed by atoms with Crippen LogP contribution >= 0.6 is 0 Å². The van der Waals surface area contributed by atoms with Gasteiger partial charge in [-0.05, 0) is 13.3 Å². The lowest BCUT2D eigenvalue weighted by Crippen LogP contribution is -2.33. The Hall–Kier alpha value is -1.36. The van der Waals surface area contributed by atoms with Gasteiger partial charge in [0.25, 0.3) is 0 Å². The van der Waals surface area contributed by atoms with Crippen LogP contribution in [0.1, 0.15) is 33.1 Å². The highest BCUT2D eigenvalue weighted by Crippen LogP contribution is 2.16. The molecule has 1 atom stereocenters. The van der Waals surface area contributed by atoms with Crippen LogP contribution < -0.4 is 15.5 Å². The summed E-state index contributed by atoms with van der Waals surface area (Å²) in [6.07, 6.45) is 5.31. The number of nitrogens with zero attached hydrogens (tertiary/aromatic N) is 4. The van der Waals surface area contributed by atoms with E-state index in [1.54, 1.807) is 6.33 Å². The molecule has 0 radical (unpaired) electrons. The molecule has 0 spiro atoms. The van der Waals surface area contributed by atoms with Crippen molar-refractivity contribution in [2.24, 2.45) is 5.73 Å². The molecule has 0 amide bonds. The monoisotopic (exact) mass is 265 g/mol. The van der Waals surface area contributed by atoms with E-state index in [0.717, 1.165) is 24.7 Å². The van der Waals surface area contributed by atoms with Gasteiger partial charge in [-0.3, -0.25) is 0 Å². The fourth-order valence-electron chi connectivity index (χ4n) is 1.99. The van der Waals surface area contributed by atoms with Crippen molar-refractivity contribution < 1.29 is 0 Å². The Kier molecular flexibility index (Phi) is 6.56. The molecule has 5 heteroatoms. The molecule has 0 fully saturated rings. The standard InChI is InChI=1S/C14H27N5/c1-5-6-7-8-18(3)13-9-14(17-11-16-13)19(4)10-12(2)15/h9,11-12H,5-8,10,15H2,1-4H3. The summed E-state index contributed by atoms with van der Waals surface area (Å²) in [5.74, 6) is 1.89. The summed E-state index contributed by atoms with van der Waals surface area (Å²) in [5.41, 5.74) is 5.81. The van der Waals surface area contributed by atoms with Crippen molar-refractivity contribution in [2.45, 2.75) is 39.2 Å². The third-order valence-corrected chi connectivity index (χ3v) is 3.08. The Morgan fingerprint density at radius 1 is 1.16 bits per heavy atom. The fraction of sp³-hybridized carbons (Fsp3) is 0.714. The van der Waals surface area contributed by atoms with Crippen LogP contribution in [-0.2, 0) is 0 Å². The first-order valence-electron chi connectivity index (χ1n) is 7.04. The van der Waals surface area contributed by atoms with E-state index >= 15 is 0 Å². The summed E-state index contributed by atoms with van der Waals surface area (Å²) in [6.45, 7) is 6.03. The van der Waals surface area contributed by atoms with Gasteiger partial charge in [-0.25, -0.2) is 9.97 Å². The lowest BCUT2D eigenvalue weighted by atomic mass is 10.2. The maximum atomic E-state index is 5.81. The summed E-state index contributed by atoms with van der Waals surface area (Å²) in [4.78, 5) is 12.9. The van der Waals surface area contributed by atoms with Crippen LogP contribution in [-0.4, -0.2) is 43.2 Å². The molecule has 19 heavy (non-hydrogen) atoms. The van der Waals surface area contributed by atoms with Gasteiger partial charge < -0.3 is 15.5 Å². The second kappa shape index (κ2) is 7.94. The third-order valence-electron chi connectivity index (χ3n) is 3.08. The van der Waals surface area contributed by atoms with Crippen molar-refractivity contribution in [2.75, 3.05) is 37.0 Å². The lowest BCUT2D eigenvalue weighted by molar-refractivity contribution is 0.697. The molecule has 1 aromatic heterocycles. The number of rotatable bonds is 8. The summed E-state index contributed by atoms with van der Waals surface area (Å²) in [5, 5.41) is 0. The molecule has 0 bridgehead atoms. The van der Waals surface area contributed by atoms with Crippen LogP contribution in [0.15, 0.2) is 12.4 Å². The summed E-state index contributed by atoms with van der Waals surface area (Å²) < 4.78 is 0. The molecule has 2 N–H and O–H groups in total. The molecular weight excluding hydrogens is 238 g/mol. The first-order chi connectivity index (χ1) is 9.04. The number of likely N-dealkylation sites (N-methyl/N-ethyl adjacent to an activating group) is 1. The smallest absolute Gasteiger partial charge is 0.133 e. The summed E-state index contributed by atoms with van der Waals surface area (Å²) >= 11 is 0. The van der Waals surface area contributed by atoms with Crippen molar-refractivity contribution in [1.29, 1.82) is 0 Å². The molecule has 0 aliphatic heterocycles. The Bertz CT molecular complexity index is 367. The van der Waals surface area contributed by atoms with E-state index in [1.807, 2.05) is 20.0 Å². The quantitative estimate of drug-likeness (QED) is 0.727. The average Bonchev–Trinajstić information content (AvgIpc) is 2.38. The Labute approximate surface area is 116 Å². The highest BCUT2D eigenvalue weighted by Gasteiger charge is 2.08. The molecule has 5 nitrogen and oxygen atoms in total. The molecule has 0 aliphatic carbocycles. The van der Waals surface area contributed by atoms with Gasteiger partial charge in [-0.2, -0.15) is 0 Å². The fourth-order valence-corrected chi connectivity index (χ4v) is 1.99. The van der Waals surface area contributed by atoms with E-state index in [1.165, 1.54) is 19.3 Å². The van der Waals surface area contributed by atoms with Gasteiger partial charge in [0.1, 0.15) is 18.0 Å². The van der Waals surface area contributed by atoms with Gasteiger partial charge in [0.15, 0.2) is 0 Å². The van der Waals surface area contributed by atoms with Crippen LogP contribution in [0.2, 0.25) is 0 Å². The van der Waals surface area contributed by atoms with E-state index in [9.17, 15) is 0 Å². The number of anilines is 2. The zero-order valence-corrected chi connectivity index (χ0v) is 12.6. The highest BCUT2D eigenvalue weighted by atomic mass is 15.2. The average molecular weight is 265 g/mol. The number of nitrogens with two attached hydrogens (primary N) is 1. The van der Waals surface area contributed by atoms with Crippen molar-refractivity contribution >= 4 is 11.6 Å². The first kappa shape index (κ1) is 15.7. The third kappa shape index (κ3) is 5.42. The zero-order valence-electron chi connectivity index (χ0n) is 12.6. The topological polar surface area (TPSA) is 58.3 Å². The normalized spacial score (nSPS) is 12.3. The van der Waals surface area contributed by atoms with E-state index in [0.29, 0.717) is 0 Å². The minimum atomic E-state index is 0.130. The van der Waals surface area contributed by atoms with Crippen LogP contribution in [0.4, 0.5) is 11.6 Å². The van der Waals surface area contributed by atoms with Crippen LogP contribution in [0, 0.1) is 0 Å². The molecule has 1 unspecified atom stereocenters. The van der Waals surface area contributed by atoms with E-state index in [4.69, 9.17) is 5.73 Å². The number of aromatic nitrogens is 2. The highest BCUT2D eigenvalue weighted by molar-refractivity contribution is 5.49. The molecule has 1 aromatic rings. The maximum Gasteiger partial charge on any atom is 0.133 e. The van der Waals surface area contributed by atoms with Gasteiger partial charge in [0, 0.05) is 39.3 Å². The Morgan fingerprint density at radius 3 is 2.37 bits per heavy atom. The molecule has 108 valence electrons. The van der Waals surface area contributed by atoms with Crippen LogP contribution in [0.25, 0.3) is 0 Å². The molecule has 0 saturated heterocycles. The van der Waals surface area contributed by atoms with Crippen molar-refractivity contribution in [3.63, 3.8) is 0 Å². The second-order valence-electron chi connectivity index (χ2n) is 5.22. The molecule has 1 rings (SSSR count). The largest absolute Gasteiger partial charge is 0.360 e. The maximum absolute atomic E-state index is 5.81. The molecule has 0 aromatic carbocycles. The van der Waals surface area contributed by atoms with Crippen molar-refractivity contribution in [1.82, 2.24) is 9.97 Å². The minimum absolute atomic E-state index is 0.130. The molecule has 0 aliphatic rings. The SMILES string of the molecule is CCCCCN(C)c1cc(N(C)CC(C)N)ncn1. The van der Waals surface area contributed by atoms with Crippen LogP contribution in [0.3, 0.4) is 0 Å². The van der Waals surface area contributed by atoms with Gasteiger partial charge >= 0.3 is 0 Å². The van der Waals surface area contributed by atoms with Gasteiger partial charge in [0.2, 0.25) is 0 Å². The van der Waals surface area contributed by atoms with E-state index in [2.05, 4.69) is 33.7 Å². The lowest BCUT2D eigenvalue weighted by Gasteiger charge is -2.23. The predicted octanol–water partition coefficient (Wildman–Crippen LogP) is 1.89. The Balaban J connectivity index is 2.65. The minimum Gasteiger partial charge on any atom is -0.360 e. The number of unbranched alkanes of at least 4 members (excludes halogenated alkanes) is 2. The predicted molar refractivity (Wildman–Crippen MR) is 81.7 cm³/mol. The number of hydrogen-bond acceptors (Lipinski definition) is 5. The molecular formula is C14H27N5. The molecule has 0 saturated carbocycles. The van der Waals surface area contributed by atoms with Gasteiger partial charge in [-0.15, -0.1) is 0 Å². The zero-order chi connectivity index (χ0) is 14.3. The van der Waals surface area contributed by atoms with Gasteiger partial charge in [0.05, 0.1) is 0 Å². The van der Waals surface area contributed by atoms with Gasteiger partial charge in [-0.1, -0.05) is 19.8 Å². The van der Waals surface area contributed by atoms with Crippen molar-refractivity contribution in [3.05, 3.63) is 12.4 Å². The van der Waals surface area contributed by atoms with E-state index < -0.39 is 0 Å². The molecule has 1 heterocycles. The second-order valence-corrected chi connectivity index (χ2v) is 5.22.